The van der Waals surface area contributed by atoms with E-state index in [9.17, 15) is 14.4 Å². The normalized spacial score (nSPS) is 15.5. The summed E-state index contributed by atoms with van der Waals surface area (Å²) < 4.78 is 6.40. The number of halogens is 2. The van der Waals surface area contributed by atoms with Gasteiger partial charge in [-0.05, 0) is 73.7 Å². The molecule has 2 heterocycles. The van der Waals surface area contributed by atoms with Crippen molar-refractivity contribution in [3.63, 3.8) is 0 Å². The molecule has 206 valence electrons. The van der Waals surface area contributed by atoms with Crippen LogP contribution in [0, 0.1) is 0 Å². The molecule has 1 unspecified atom stereocenters. The Hall–Kier alpha value is -2.87. The number of amides is 2. The monoisotopic (exact) mass is 586 g/mol. The fraction of sp³-hybridized carbons (Fsp3) is 0.367. The van der Waals surface area contributed by atoms with Crippen molar-refractivity contribution < 1.29 is 19.1 Å². The summed E-state index contributed by atoms with van der Waals surface area (Å²) in [7, 11) is 0. The van der Waals surface area contributed by atoms with E-state index in [-0.39, 0.29) is 24.3 Å². The van der Waals surface area contributed by atoms with Crippen LogP contribution in [-0.2, 0) is 19.1 Å². The lowest BCUT2D eigenvalue weighted by molar-refractivity contribution is -0.156. The first-order chi connectivity index (χ1) is 18.5. The van der Waals surface area contributed by atoms with Crippen molar-refractivity contribution in [1.82, 2.24) is 10.2 Å². The van der Waals surface area contributed by atoms with Gasteiger partial charge < -0.3 is 15.0 Å². The van der Waals surface area contributed by atoms with Crippen LogP contribution >= 0.6 is 34.5 Å². The minimum atomic E-state index is -0.652. The highest BCUT2D eigenvalue weighted by molar-refractivity contribution is 7.18. The fourth-order valence-corrected chi connectivity index (χ4v) is 6.04. The molecule has 0 radical (unpaired) electrons. The van der Waals surface area contributed by atoms with Crippen molar-refractivity contribution in [3.8, 4) is 0 Å². The summed E-state index contributed by atoms with van der Waals surface area (Å²) in [4.78, 5) is 40.5. The highest BCUT2D eigenvalue weighted by Crippen LogP contribution is 2.37. The largest absolute Gasteiger partial charge is 0.460 e. The van der Waals surface area contributed by atoms with Gasteiger partial charge in [0.15, 0.2) is 0 Å². The second-order valence-electron chi connectivity index (χ2n) is 10.6. The third kappa shape index (κ3) is 7.62. The van der Waals surface area contributed by atoms with Crippen molar-refractivity contribution in [2.45, 2.75) is 57.6 Å². The van der Waals surface area contributed by atoms with Gasteiger partial charge in [-0.2, -0.15) is 0 Å². The predicted octanol–water partition coefficient (Wildman–Crippen LogP) is 6.84. The number of thiophene rings is 1. The van der Waals surface area contributed by atoms with Crippen LogP contribution in [0.3, 0.4) is 0 Å². The van der Waals surface area contributed by atoms with Crippen molar-refractivity contribution in [3.05, 3.63) is 75.1 Å². The van der Waals surface area contributed by atoms with Crippen molar-refractivity contribution in [2.24, 2.45) is 0 Å². The van der Waals surface area contributed by atoms with Crippen molar-refractivity contribution >= 4 is 68.5 Å². The summed E-state index contributed by atoms with van der Waals surface area (Å²) >= 11 is 14.4. The summed E-state index contributed by atoms with van der Waals surface area (Å²) in [5.41, 5.74) is 0.828. The standard InChI is InChI=1S/C30H32Cl2N2O4S/c1-30(2,3)38-25(36)18-23(19-7-5-4-6-8-19)29(37)33-22-11-14-34(15-12-22)24(35)10-9-20-17-21-13-16-39-28(21)27(32)26(20)31/h4-10,13,16-17,22-23H,11-12,14-15,18H2,1-3H3,(H,33,37). The molecular formula is C30H32Cl2N2O4S. The molecule has 0 bridgehead atoms. The highest BCUT2D eigenvalue weighted by Gasteiger charge is 2.30. The second kappa shape index (κ2) is 12.5. The number of likely N-dealkylation sites (tertiary alicyclic amines) is 1. The number of fused-ring (bicyclic) bond motifs is 1. The first-order valence-electron chi connectivity index (χ1n) is 12.9. The SMILES string of the molecule is CC(C)(C)OC(=O)CC(C(=O)NC1CCN(C(=O)C=Cc2cc3ccsc3c(Cl)c2Cl)CC1)c1ccccc1. The summed E-state index contributed by atoms with van der Waals surface area (Å²) in [6, 6.07) is 13.1. The van der Waals surface area contributed by atoms with E-state index in [2.05, 4.69) is 5.32 Å². The molecule has 1 aliphatic heterocycles. The van der Waals surface area contributed by atoms with Crippen LogP contribution in [0.15, 0.2) is 53.9 Å². The number of ether oxygens (including phenoxy) is 1. The van der Waals surface area contributed by atoms with Gasteiger partial charge in [0.2, 0.25) is 11.8 Å². The van der Waals surface area contributed by atoms with Gasteiger partial charge in [-0.25, -0.2) is 0 Å². The molecule has 1 aromatic heterocycles. The molecule has 6 nitrogen and oxygen atoms in total. The van der Waals surface area contributed by atoms with Gasteiger partial charge in [-0.1, -0.05) is 53.5 Å². The van der Waals surface area contributed by atoms with Gasteiger partial charge in [0.05, 0.1) is 27.1 Å². The lowest BCUT2D eigenvalue weighted by Crippen LogP contribution is -2.47. The lowest BCUT2D eigenvalue weighted by Gasteiger charge is -2.32. The van der Waals surface area contributed by atoms with E-state index < -0.39 is 17.5 Å². The topological polar surface area (TPSA) is 75.7 Å². The molecule has 2 aromatic carbocycles. The number of piperidine rings is 1. The Bertz CT molecular complexity index is 1370. The van der Waals surface area contributed by atoms with Crippen LogP contribution in [0.2, 0.25) is 10.0 Å². The average Bonchev–Trinajstić information content (AvgIpc) is 3.37. The van der Waals surface area contributed by atoms with E-state index in [1.165, 1.54) is 17.4 Å². The third-order valence-corrected chi connectivity index (χ3v) is 8.46. The number of benzene rings is 2. The minimum Gasteiger partial charge on any atom is -0.460 e. The number of nitrogens with zero attached hydrogens (tertiary/aromatic N) is 1. The highest BCUT2D eigenvalue weighted by atomic mass is 35.5. The van der Waals surface area contributed by atoms with Crippen LogP contribution in [-0.4, -0.2) is 47.4 Å². The number of esters is 1. The van der Waals surface area contributed by atoms with Gasteiger partial charge in [-0.3, -0.25) is 14.4 Å². The molecule has 3 aromatic rings. The number of hydrogen-bond donors (Lipinski definition) is 1. The first-order valence-corrected chi connectivity index (χ1v) is 14.5. The zero-order chi connectivity index (χ0) is 28.2. The van der Waals surface area contributed by atoms with Crippen LogP contribution in [0.1, 0.15) is 57.1 Å². The predicted molar refractivity (Wildman–Crippen MR) is 158 cm³/mol. The maximum atomic E-state index is 13.3. The smallest absolute Gasteiger partial charge is 0.307 e. The molecule has 1 atom stereocenters. The quantitative estimate of drug-likeness (QED) is 0.243. The maximum absolute atomic E-state index is 13.3. The van der Waals surface area contributed by atoms with Crippen molar-refractivity contribution in [1.29, 1.82) is 0 Å². The summed E-state index contributed by atoms with van der Waals surface area (Å²) in [5.74, 6) is -1.41. The second-order valence-corrected chi connectivity index (χ2v) is 12.3. The molecule has 1 fully saturated rings. The van der Waals surface area contributed by atoms with Crippen molar-refractivity contribution in [2.75, 3.05) is 13.1 Å². The number of carbonyl (C=O) groups excluding carboxylic acids is 3. The molecule has 9 heteroatoms. The van der Waals surface area contributed by atoms with Gasteiger partial charge in [0.1, 0.15) is 5.60 Å². The van der Waals surface area contributed by atoms with E-state index in [4.69, 9.17) is 27.9 Å². The zero-order valence-corrected chi connectivity index (χ0v) is 24.5. The molecule has 0 aliphatic carbocycles. The van der Waals surface area contributed by atoms with E-state index in [0.29, 0.717) is 41.5 Å². The molecule has 1 aliphatic rings. The maximum Gasteiger partial charge on any atom is 0.307 e. The van der Waals surface area contributed by atoms with Crippen LogP contribution in [0.25, 0.3) is 16.2 Å². The molecule has 39 heavy (non-hydrogen) atoms. The van der Waals surface area contributed by atoms with Gasteiger partial charge >= 0.3 is 5.97 Å². The van der Waals surface area contributed by atoms with E-state index >= 15 is 0 Å². The fourth-order valence-electron chi connectivity index (χ4n) is 4.60. The first kappa shape index (κ1) is 29.1. The molecule has 0 spiro atoms. The zero-order valence-electron chi connectivity index (χ0n) is 22.2. The Kier molecular flexibility index (Phi) is 9.36. The number of hydrogen-bond acceptors (Lipinski definition) is 5. The van der Waals surface area contributed by atoms with Crippen LogP contribution in [0.5, 0.6) is 0 Å². The molecular weight excluding hydrogens is 555 g/mol. The Labute approximate surface area is 242 Å². The van der Waals surface area contributed by atoms with Gasteiger partial charge in [-0.15, -0.1) is 11.3 Å². The number of nitrogens with one attached hydrogen (secondary N) is 1. The Morgan fingerprint density at radius 2 is 1.79 bits per heavy atom. The molecule has 1 saturated heterocycles. The average molecular weight is 588 g/mol. The molecule has 2 amide bonds. The molecule has 4 rings (SSSR count). The Morgan fingerprint density at radius 3 is 2.46 bits per heavy atom. The minimum absolute atomic E-state index is 0.0427. The van der Waals surface area contributed by atoms with Crippen LogP contribution < -0.4 is 5.32 Å². The number of rotatable bonds is 7. The molecule has 0 saturated carbocycles. The van der Waals surface area contributed by atoms with E-state index in [1.54, 1.807) is 31.7 Å². The summed E-state index contributed by atoms with van der Waals surface area (Å²) in [6.45, 7) is 6.43. The Balaban J connectivity index is 1.35. The van der Waals surface area contributed by atoms with Gasteiger partial charge in [0.25, 0.3) is 0 Å². The summed E-state index contributed by atoms with van der Waals surface area (Å²) in [5, 5.41) is 6.96. The third-order valence-electron chi connectivity index (χ3n) is 6.52. The van der Waals surface area contributed by atoms with E-state index in [0.717, 1.165) is 15.6 Å². The number of carbonyl (C=O) groups is 3. The van der Waals surface area contributed by atoms with E-state index in [1.807, 2.05) is 47.8 Å². The van der Waals surface area contributed by atoms with Crippen LogP contribution in [0.4, 0.5) is 0 Å². The molecule has 1 N–H and O–H groups in total. The van der Waals surface area contributed by atoms with Gasteiger partial charge in [0, 0.05) is 25.2 Å². The lowest BCUT2D eigenvalue weighted by atomic mass is 9.93. The summed E-state index contributed by atoms with van der Waals surface area (Å²) in [6.07, 6.45) is 4.40. The Morgan fingerprint density at radius 1 is 1.10 bits per heavy atom.